The summed E-state index contributed by atoms with van der Waals surface area (Å²) in [5.41, 5.74) is 12.8. The van der Waals surface area contributed by atoms with Crippen LogP contribution in [0.5, 0.6) is 0 Å². The third-order valence-electron chi connectivity index (χ3n) is 17.3. The quantitative estimate of drug-likeness (QED) is 0.136. The van der Waals surface area contributed by atoms with Crippen molar-refractivity contribution >= 4 is 99.4 Å². The van der Waals surface area contributed by atoms with E-state index in [9.17, 15) is 0 Å². The zero-order chi connectivity index (χ0) is 105. The first kappa shape index (κ1) is 118. The Kier molecular flexibility index (Phi) is 60.0. The van der Waals surface area contributed by atoms with Crippen molar-refractivity contribution in [3.8, 4) is 0 Å². The number of pyridine rings is 4. The van der Waals surface area contributed by atoms with Crippen LogP contribution in [0.25, 0.3) is 99.4 Å². The largest absolute Gasteiger partial charge is 0.307 e. The number of nitrogens with zero attached hydrogens (tertiary/aromatic N) is 36. The van der Waals surface area contributed by atoms with Crippen molar-refractivity contribution in [1.29, 1.82) is 0 Å². The minimum absolute atomic E-state index is 0.775. The molecule has 0 unspecified atom stereocenters. The van der Waals surface area contributed by atoms with E-state index in [1.807, 2.05) is 334 Å². The van der Waals surface area contributed by atoms with Gasteiger partial charge in [-0.1, -0.05) is 245 Å². The number of rotatable bonds is 0. The van der Waals surface area contributed by atoms with E-state index in [0.717, 1.165) is 67.0 Å². The van der Waals surface area contributed by atoms with Gasteiger partial charge < -0.3 is 17.6 Å². The minimum atomic E-state index is 0.775. The molecule has 144 heavy (non-hydrogen) atoms. The van der Waals surface area contributed by atoms with Crippen LogP contribution >= 0.6 is 0 Å². The lowest BCUT2D eigenvalue weighted by Gasteiger charge is -2.00. The molecule has 0 aliphatic carbocycles. The Morgan fingerprint density at radius 2 is 0.701 bits per heavy atom. The normalized spacial score (nSPS) is 9.25. The summed E-state index contributed by atoms with van der Waals surface area (Å²) in [6, 6.07) is 46.9. The second-order valence-electron chi connectivity index (χ2n) is 25.0. The van der Waals surface area contributed by atoms with E-state index in [-0.39, 0.29) is 0 Å². The zero-order valence-corrected chi connectivity index (χ0v) is 87.2. The van der Waals surface area contributed by atoms with Gasteiger partial charge in [0.2, 0.25) is 0 Å². The molecule has 0 radical (unpaired) electrons. The summed E-state index contributed by atoms with van der Waals surface area (Å²) in [4.78, 5) is 75.1. The SMILES string of the molecule is CC.CC.CC.CC.CC.CC.CC.CC.CC.CC.CC.CC.c1cc2cncn2cn1.c1ccc2c(c1)ccc1cncn12.c1ccc2c(c1)ccn1ccnc21.c1ccc2cn3cncc3cc2c1.c1ccn2ccnc2c1.c1cn2cncc2cn1.c1cn2cncc2nn1.c1cnc2cncn2c1.c1cnn2cncc2c1.c1cnn2cncc2n1.c1ncc2cncn2n1.c1ncn2cncc2n1. The Labute approximate surface area is 842 Å². The van der Waals surface area contributed by atoms with Gasteiger partial charge in [-0.25, -0.2) is 103 Å². The monoisotopic (exact) mass is 1940 g/mol. The lowest BCUT2D eigenvalue weighted by atomic mass is 10.2. The van der Waals surface area contributed by atoms with Gasteiger partial charge in [0.25, 0.3) is 0 Å². The highest BCUT2D eigenvalue weighted by Crippen LogP contribution is 2.20. The number of hydrogen-bond acceptors (Lipinski definition) is 24. The molecule has 0 spiro atoms. The van der Waals surface area contributed by atoms with E-state index >= 15 is 0 Å². The summed E-state index contributed by atoms with van der Waals surface area (Å²) in [5.74, 6) is 0. The van der Waals surface area contributed by atoms with Gasteiger partial charge in [0.05, 0.1) is 139 Å². The van der Waals surface area contributed by atoms with Crippen molar-refractivity contribution in [1.82, 2.24) is 173 Å². The molecule has 0 saturated heterocycles. The van der Waals surface area contributed by atoms with Crippen LogP contribution in [0.15, 0.2) is 408 Å². The van der Waals surface area contributed by atoms with Gasteiger partial charge in [-0.15, -0.1) is 5.10 Å². The van der Waals surface area contributed by atoms with Crippen molar-refractivity contribution in [3.63, 3.8) is 0 Å². The first-order valence-corrected chi connectivity index (χ1v) is 48.6. The average molecular weight is 1940 g/mol. The van der Waals surface area contributed by atoms with Gasteiger partial charge in [0.15, 0.2) is 22.6 Å². The van der Waals surface area contributed by atoms with E-state index in [1.165, 1.54) is 45.1 Å². The number of fused-ring (bicyclic) bond motifs is 17. The molecule has 0 atom stereocenters. The summed E-state index contributed by atoms with van der Waals surface area (Å²) < 4.78 is 22.3. The van der Waals surface area contributed by atoms with Crippen molar-refractivity contribution in [2.24, 2.45) is 0 Å². The molecule has 36 heteroatoms. The first-order chi connectivity index (χ1) is 71.5. The number of benzene rings is 3. The van der Waals surface area contributed by atoms with Gasteiger partial charge in [-0.2, -0.15) is 20.4 Å². The van der Waals surface area contributed by atoms with Gasteiger partial charge >= 0.3 is 0 Å². The van der Waals surface area contributed by atoms with Crippen LogP contribution in [0, 0.1) is 0 Å². The zero-order valence-electron chi connectivity index (χ0n) is 87.2. The molecule has 24 heterocycles. The number of hydrogen-bond donors (Lipinski definition) is 0. The summed E-state index contributed by atoms with van der Waals surface area (Å²) >= 11 is 0. The van der Waals surface area contributed by atoms with Gasteiger partial charge in [-0.05, 0) is 82.2 Å². The molecule has 750 valence electrons. The number of aromatic nitrogens is 36. The van der Waals surface area contributed by atoms with Crippen molar-refractivity contribution < 1.29 is 0 Å². The second kappa shape index (κ2) is 73.1. The maximum atomic E-state index is 4.31. The lowest BCUT2D eigenvalue weighted by Crippen LogP contribution is -1.88. The van der Waals surface area contributed by atoms with E-state index in [2.05, 4.69) is 198 Å². The van der Waals surface area contributed by atoms with Gasteiger partial charge in [0, 0.05) is 98.3 Å². The predicted molar refractivity (Wildman–Crippen MR) is 585 cm³/mol. The second-order valence-corrected chi connectivity index (χ2v) is 25.0. The fourth-order valence-electron chi connectivity index (χ4n) is 11.6. The summed E-state index contributed by atoms with van der Waals surface area (Å²) in [6.45, 7) is 48.0. The van der Waals surface area contributed by atoms with Crippen LogP contribution in [0.1, 0.15) is 166 Å². The van der Waals surface area contributed by atoms with Crippen LogP contribution in [0.4, 0.5) is 0 Å². The Hall–Kier alpha value is -18.1. The van der Waals surface area contributed by atoms with E-state index in [4.69, 9.17) is 0 Å². The van der Waals surface area contributed by atoms with E-state index in [0.29, 0.717) is 0 Å². The Morgan fingerprint density at radius 1 is 0.201 bits per heavy atom. The maximum absolute atomic E-state index is 4.31. The standard InChI is InChI=1S/3C11H8N2.C7H6N2.4C6H5N3.4C5H4N4.12C2H6/c1-2-4-10-7-13-8-12-6-11(13)5-9(10)3-1;1-2-4-10-9(3-1)5-7-13-8-6-12-11(10)13;1-2-4-11-9(3-1)5-6-10-7-12-8-13(10)11;1-2-5-9-6-4-8-7(9)3-1;1-2-9-5-8-4-6(9)3-7-1;1-2-7-4-9-5-8-3-6(1)9;1-2-8-6-4-7-5-9(6)3-1;1-2-6-4-7-5-9(6)8-3-1;1-5-8-2-7-4-9(5)3-6-1;1-5-2-7-4-9(5)8-3-6-1;1-2-9-4-6-3-5(9)8-7-1;1-2-8-9-4-6-3-5(9)7-1;12*1-2/h3*1-8H;1-6H;4*1-5H;4*1-4H;12*1-2H3. The molecular formula is C108H138N36. The molecule has 27 rings (SSSR count). The van der Waals surface area contributed by atoms with Crippen LogP contribution in [0.3, 0.4) is 0 Å². The van der Waals surface area contributed by atoms with Crippen LogP contribution < -0.4 is 0 Å². The molecule has 0 bridgehead atoms. The molecule has 0 amide bonds. The molecule has 0 aliphatic rings. The fourth-order valence-corrected chi connectivity index (χ4v) is 11.6. The Bertz CT molecular complexity index is 6380. The molecule has 36 nitrogen and oxygen atoms in total. The van der Waals surface area contributed by atoms with Crippen molar-refractivity contribution in [2.75, 3.05) is 0 Å². The fraction of sp³-hybridized carbons (Fsp3) is 0.222. The number of imidazole rings is 12. The predicted octanol–water partition coefficient (Wildman–Crippen LogP) is 24.5. The molecule has 0 saturated carbocycles. The highest BCUT2D eigenvalue weighted by molar-refractivity contribution is 5.93. The smallest absolute Gasteiger partial charge is 0.179 e. The third kappa shape index (κ3) is 37.3. The van der Waals surface area contributed by atoms with Crippen molar-refractivity contribution in [2.45, 2.75) is 166 Å². The Balaban J connectivity index is 0.000000322. The molecule has 24 aromatic heterocycles. The molecule has 27 aromatic rings. The summed E-state index contributed by atoms with van der Waals surface area (Å²) in [6.07, 6.45) is 75.5. The Morgan fingerprint density at radius 3 is 1.40 bits per heavy atom. The minimum Gasteiger partial charge on any atom is -0.307 e. The lowest BCUT2D eigenvalue weighted by molar-refractivity contribution is 0.892. The molecule has 0 fully saturated rings. The summed E-state index contributed by atoms with van der Waals surface area (Å²) in [7, 11) is 0. The van der Waals surface area contributed by atoms with Crippen molar-refractivity contribution in [3.05, 3.63) is 408 Å². The third-order valence-corrected chi connectivity index (χ3v) is 17.3. The topological polar surface area (TPSA) is 362 Å². The van der Waals surface area contributed by atoms with Gasteiger partial charge in [-0.3, -0.25) is 27.0 Å². The molecule has 3 aromatic carbocycles. The van der Waals surface area contributed by atoms with Crippen LogP contribution in [0.2, 0.25) is 0 Å². The number of para-hydroxylation sites is 1. The molecule has 0 aliphatic heterocycles. The average Bonchev–Trinajstić information content (AvgIpc) is 1.64. The molecular weight excluding hydrogens is 1800 g/mol. The highest BCUT2D eigenvalue weighted by Gasteiger charge is 2.02. The first-order valence-electron chi connectivity index (χ1n) is 48.6. The van der Waals surface area contributed by atoms with E-state index in [1.54, 1.807) is 203 Å². The van der Waals surface area contributed by atoms with Crippen LogP contribution in [-0.4, -0.2) is 173 Å². The molecule has 0 N–H and O–H groups in total. The van der Waals surface area contributed by atoms with E-state index < -0.39 is 0 Å². The van der Waals surface area contributed by atoms with Crippen LogP contribution in [-0.2, 0) is 0 Å². The van der Waals surface area contributed by atoms with Gasteiger partial charge in [0.1, 0.15) is 86.4 Å². The highest BCUT2D eigenvalue weighted by atomic mass is 15.3. The maximum Gasteiger partial charge on any atom is 0.179 e. The summed E-state index contributed by atoms with van der Waals surface area (Å²) in [5, 5.41) is 25.5.